The Morgan fingerprint density at radius 2 is 1.68 bits per heavy atom. The van der Waals surface area contributed by atoms with Crippen LogP contribution in [0.1, 0.15) is 28.8 Å². The third kappa shape index (κ3) is 5.95. The number of ether oxygens (including phenoxy) is 2. The average molecular weight is 481 g/mol. The Balaban J connectivity index is 1.36. The van der Waals surface area contributed by atoms with Crippen molar-refractivity contribution < 1.29 is 22.7 Å². The minimum atomic E-state index is -3.84. The standard InChI is InChI=1S/C26H28N2O5S/c1-32-23-12-10-22(11-13-23)27-34(30,31)25-9-5-8-21(18-25)26(29)28-16-14-24(15-17-28)33-19-20-6-3-2-4-7-20/h2-13,18,24,27H,14-17,19H2,1H3. The summed E-state index contributed by atoms with van der Waals surface area (Å²) in [7, 11) is -2.30. The molecule has 3 aromatic rings. The van der Waals surface area contributed by atoms with E-state index in [9.17, 15) is 13.2 Å². The summed E-state index contributed by atoms with van der Waals surface area (Å²) in [6.45, 7) is 1.69. The van der Waals surface area contributed by atoms with Gasteiger partial charge in [0.15, 0.2) is 0 Å². The maximum atomic E-state index is 13.0. The first-order chi connectivity index (χ1) is 16.4. The van der Waals surface area contributed by atoms with Crippen LogP contribution in [0.2, 0.25) is 0 Å². The monoisotopic (exact) mass is 480 g/mol. The number of piperidine rings is 1. The molecule has 1 aliphatic heterocycles. The van der Waals surface area contributed by atoms with E-state index in [-0.39, 0.29) is 16.9 Å². The Bertz CT molecular complexity index is 1210. The molecule has 0 atom stereocenters. The highest BCUT2D eigenvalue weighted by molar-refractivity contribution is 7.92. The lowest BCUT2D eigenvalue weighted by molar-refractivity contribution is -0.000385. The molecule has 0 saturated carbocycles. The van der Waals surface area contributed by atoms with Gasteiger partial charge in [0.1, 0.15) is 5.75 Å². The first kappa shape index (κ1) is 23.8. The fourth-order valence-corrected chi connectivity index (χ4v) is 4.97. The molecule has 0 aromatic heterocycles. The van der Waals surface area contributed by atoms with Crippen molar-refractivity contribution in [1.29, 1.82) is 0 Å². The van der Waals surface area contributed by atoms with Crippen LogP contribution in [-0.2, 0) is 21.4 Å². The summed E-state index contributed by atoms with van der Waals surface area (Å²) in [4.78, 5) is 14.8. The molecule has 7 nitrogen and oxygen atoms in total. The van der Waals surface area contributed by atoms with Gasteiger partial charge in [0, 0.05) is 24.3 Å². The van der Waals surface area contributed by atoms with Gasteiger partial charge in [0.2, 0.25) is 0 Å². The van der Waals surface area contributed by atoms with Gasteiger partial charge in [-0.25, -0.2) is 8.42 Å². The summed E-state index contributed by atoms with van der Waals surface area (Å²) in [6.07, 6.45) is 1.59. The predicted molar refractivity (Wildman–Crippen MR) is 130 cm³/mol. The SMILES string of the molecule is COc1ccc(NS(=O)(=O)c2cccc(C(=O)N3CCC(OCc4ccccc4)CC3)c2)cc1. The molecular formula is C26H28N2O5S. The molecule has 8 heteroatoms. The number of amides is 1. The van der Waals surface area contributed by atoms with Crippen molar-refractivity contribution in [1.82, 2.24) is 4.90 Å². The van der Waals surface area contributed by atoms with Crippen LogP contribution in [0.25, 0.3) is 0 Å². The number of nitrogens with one attached hydrogen (secondary N) is 1. The number of likely N-dealkylation sites (tertiary alicyclic amines) is 1. The molecule has 0 aliphatic carbocycles. The van der Waals surface area contributed by atoms with Crippen molar-refractivity contribution in [3.05, 3.63) is 90.0 Å². The van der Waals surface area contributed by atoms with E-state index in [2.05, 4.69) is 4.72 Å². The zero-order chi connectivity index (χ0) is 24.0. The summed E-state index contributed by atoms with van der Waals surface area (Å²) in [6, 6.07) is 22.7. The Labute approximate surface area is 200 Å². The number of carbonyl (C=O) groups excluding carboxylic acids is 1. The molecule has 1 amide bonds. The second kappa shape index (κ2) is 10.7. The van der Waals surface area contributed by atoms with E-state index in [0.717, 1.165) is 18.4 Å². The highest BCUT2D eigenvalue weighted by Crippen LogP contribution is 2.22. The lowest BCUT2D eigenvalue weighted by Gasteiger charge is -2.32. The maximum absolute atomic E-state index is 13.0. The molecule has 1 saturated heterocycles. The van der Waals surface area contributed by atoms with Crippen molar-refractivity contribution in [2.24, 2.45) is 0 Å². The molecule has 0 bridgehead atoms. The van der Waals surface area contributed by atoms with Crippen molar-refractivity contribution in [2.45, 2.75) is 30.4 Å². The predicted octanol–water partition coefficient (Wildman–Crippen LogP) is 4.32. The topological polar surface area (TPSA) is 84.9 Å². The number of sulfonamides is 1. The molecule has 1 aliphatic rings. The molecule has 1 N–H and O–H groups in total. The molecule has 3 aromatic carbocycles. The van der Waals surface area contributed by atoms with Crippen molar-refractivity contribution in [3.8, 4) is 5.75 Å². The Kier molecular flexibility index (Phi) is 7.49. The summed E-state index contributed by atoms with van der Waals surface area (Å²) in [5.74, 6) is 0.452. The fourth-order valence-electron chi connectivity index (χ4n) is 3.87. The van der Waals surface area contributed by atoms with Crippen LogP contribution in [0.3, 0.4) is 0 Å². The molecule has 1 heterocycles. The van der Waals surface area contributed by atoms with Crippen LogP contribution in [0, 0.1) is 0 Å². The van der Waals surface area contributed by atoms with E-state index in [0.29, 0.717) is 36.7 Å². The molecule has 0 radical (unpaired) electrons. The van der Waals surface area contributed by atoms with Gasteiger partial charge >= 0.3 is 0 Å². The zero-order valence-electron chi connectivity index (χ0n) is 19.0. The number of hydrogen-bond acceptors (Lipinski definition) is 5. The first-order valence-corrected chi connectivity index (χ1v) is 12.6. The smallest absolute Gasteiger partial charge is 0.261 e. The first-order valence-electron chi connectivity index (χ1n) is 11.2. The third-order valence-corrected chi connectivity index (χ3v) is 7.17. The van der Waals surface area contributed by atoms with Gasteiger partial charge in [-0.2, -0.15) is 0 Å². The van der Waals surface area contributed by atoms with Gasteiger partial charge in [0.25, 0.3) is 15.9 Å². The number of anilines is 1. The van der Waals surface area contributed by atoms with Crippen LogP contribution in [0.15, 0.2) is 83.8 Å². The minimum absolute atomic E-state index is 0.0373. The van der Waals surface area contributed by atoms with Crippen LogP contribution in [0.5, 0.6) is 5.75 Å². The fraction of sp³-hybridized carbons (Fsp3) is 0.269. The second-order valence-electron chi connectivity index (χ2n) is 8.15. The molecule has 4 rings (SSSR count). The Morgan fingerprint density at radius 3 is 2.35 bits per heavy atom. The lowest BCUT2D eigenvalue weighted by atomic mass is 10.1. The highest BCUT2D eigenvalue weighted by atomic mass is 32.2. The summed E-state index contributed by atoms with van der Waals surface area (Å²) < 4.78 is 39.4. The van der Waals surface area contributed by atoms with Crippen LogP contribution in [0.4, 0.5) is 5.69 Å². The number of hydrogen-bond donors (Lipinski definition) is 1. The van der Waals surface area contributed by atoms with Crippen LogP contribution in [-0.4, -0.2) is 45.5 Å². The number of rotatable bonds is 8. The largest absolute Gasteiger partial charge is 0.497 e. The number of nitrogens with zero attached hydrogens (tertiary/aromatic N) is 1. The van der Waals surface area contributed by atoms with Crippen LogP contribution < -0.4 is 9.46 Å². The average Bonchev–Trinajstić information content (AvgIpc) is 2.88. The van der Waals surface area contributed by atoms with Gasteiger partial charge in [0.05, 0.1) is 24.7 Å². The number of benzene rings is 3. The van der Waals surface area contributed by atoms with Crippen molar-refractivity contribution in [3.63, 3.8) is 0 Å². The Morgan fingerprint density at radius 1 is 0.971 bits per heavy atom. The van der Waals surface area contributed by atoms with Gasteiger partial charge in [-0.1, -0.05) is 36.4 Å². The highest BCUT2D eigenvalue weighted by Gasteiger charge is 2.25. The van der Waals surface area contributed by atoms with E-state index in [1.54, 1.807) is 48.4 Å². The summed E-state index contributed by atoms with van der Waals surface area (Å²) >= 11 is 0. The van der Waals surface area contributed by atoms with Gasteiger partial charge in [-0.3, -0.25) is 9.52 Å². The van der Waals surface area contributed by atoms with E-state index in [1.165, 1.54) is 12.1 Å². The molecule has 1 fully saturated rings. The number of methoxy groups -OCH3 is 1. The maximum Gasteiger partial charge on any atom is 0.261 e. The van der Waals surface area contributed by atoms with Crippen LogP contribution >= 0.6 is 0 Å². The molecule has 0 spiro atoms. The van der Waals surface area contributed by atoms with Gasteiger partial charge in [-0.15, -0.1) is 0 Å². The number of carbonyl (C=O) groups is 1. The van der Waals surface area contributed by atoms with Crippen molar-refractivity contribution >= 4 is 21.6 Å². The molecule has 178 valence electrons. The van der Waals surface area contributed by atoms with E-state index in [1.807, 2.05) is 30.3 Å². The normalized spacial score (nSPS) is 14.6. The lowest BCUT2D eigenvalue weighted by Crippen LogP contribution is -2.40. The Hall–Kier alpha value is -3.36. The molecular weight excluding hydrogens is 452 g/mol. The van der Waals surface area contributed by atoms with E-state index < -0.39 is 10.0 Å². The molecule has 0 unspecified atom stereocenters. The van der Waals surface area contributed by atoms with E-state index >= 15 is 0 Å². The minimum Gasteiger partial charge on any atom is -0.497 e. The van der Waals surface area contributed by atoms with Gasteiger partial charge in [-0.05, 0) is 60.9 Å². The second-order valence-corrected chi connectivity index (χ2v) is 9.83. The quantitative estimate of drug-likeness (QED) is 0.519. The van der Waals surface area contributed by atoms with E-state index in [4.69, 9.17) is 9.47 Å². The summed E-state index contributed by atoms with van der Waals surface area (Å²) in [5.41, 5.74) is 1.89. The van der Waals surface area contributed by atoms with Gasteiger partial charge < -0.3 is 14.4 Å². The zero-order valence-corrected chi connectivity index (χ0v) is 19.8. The third-order valence-electron chi connectivity index (χ3n) is 5.79. The molecule has 34 heavy (non-hydrogen) atoms. The summed E-state index contributed by atoms with van der Waals surface area (Å²) in [5, 5.41) is 0. The van der Waals surface area contributed by atoms with Crippen molar-refractivity contribution in [2.75, 3.05) is 24.9 Å².